The molecule has 3 nitrogen and oxygen atoms in total. The van der Waals surface area contributed by atoms with Crippen molar-refractivity contribution in [2.45, 2.75) is 19.9 Å². The molecule has 1 aromatic carbocycles. The van der Waals surface area contributed by atoms with Crippen LogP contribution in [0.1, 0.15) is 19.9 Å². The Morgan fingerprint density at radius 2 is 2.19 bits per heavy atom. The van der Waals surface area contributed by atoms with Gasteiger partial charge in [-0.3, -0.25) is 0 Å². The van der Waals surface area contributed by atoms with Crippen molar-refractivity contribution in [3.8, 4) is 0 Å². The number of hydrogen-bond acceptors (Lipinski definition) is 2. The van der Waals surface area contributed by atoms with Crippen molar-refractivity contribution in [2.24, 2.45) is 4.99 Å². The van der Waals surface area contributed by atoms with E-state index in [1.807, 2.05) is 24.4 Å². The number of fused-ring (bicyclic) bond motifs is 1. The second-order valence-corrected chi connectivity index (χ2v) is 4.32. The van der Waals surface area contributed by atoms with Gasteiger partial charge in [-0.1, -0.05) is 11.6 Å². The number of benzene rings is 1. The number of aliphatic imine (C=N–C) groups is 1. The SMILES string of the molecule is CC(C)n1cc(N=C=O)c2cc(Cl)ccc21. The molecule has 16 heavy (non-hydrogen) atoms. The highest BCUT2D eigenvalue weighted by atomic mass is 35.5. The van der Waals surface area contributed by atoms with Crippen LogP contribution in [0, 0.1) is 0 Å². The molecule has 2 aromatic rings. The first kappa shape index (κ1) is 10.9. The van der Waals surface area contributed by atoms with Crippen molar-refractivity contribution in [3.63, 3.8) is 0 Å². The number of rotatable bonds is 2. The fourth-order valence-corrected chi connectivity index (χ4v) is 1.95. The van der Waals surface area contributed by atoms with Gasteiger partial charge < -0.3 is 4.57 Å². The number of aromatic nitrogens is 1. The highest BCUT2D eigenvalue weighted by Crippen LogP contribution is 2.32. The topological polar surface area (TPSA) is 34.4 Å². The predicted octanol–water partition coefficient (Wildman–Crippen LogP) is 3.84. The monoisotopic (exact) mass is 234 g/mol. The van der Waals surface area contributed by atoms with E-state index >= 15 is 0 Å². The van der Waals surface area contributed by atoms with E-state index in [1.54, 1.807) is 6.08 Å². The average molecular weight is 235 g/mol. The van der Waals surface area contributed by atoms with Gasteiger partial charge in [-0.2, -0.15) is 4.99 Å². The van der Waals surface area contributed by atoms with Crippen LogP contribution in [0.5, 0.6) is 0 Å². The Morgan fingerprint density at radius 1 is 1.44 bits per heavy atom. The molecule has 0 saturated heterocycles. The largest absolute Gasteiger partial charge is 0.343 e. The van der Waals surface area contributed by atoms with Crippen molar-refractivity contribution in [1.29, 1.82) is 0 Å². The first-order valence-electron chi connectivity index (χ1n) is 5.01. The molecule has 0 amide bonds. The molecule has 0 atom stereocenters. The minimum Gasteiger partial charge on any atom is -0.343 e. The Kier molecular flexibility index (Phi) is 2.82. The number of isocyanates is 1. The fourth-order valence-electron chi connectivity index (χ4n) is 1.77. The third-order valence-electron chi connectivity index (χ3n) is 2.50. The predicted molar refractivity (Wildman–Crippen MR) is 65.1 cm³/mol. The van der Waals surface area contributed by atoms with E-state index in [9.17, 15) is 4.79 Å². The molecular formula is C12H11ClN2O. The molecule has 0 saturated carbocycles. The molecule has 0 spiro atoms. The van der Waals surface area contributed by atoms with E-state index in [-0.39, 0.29) is 0 Å². The second kappa shape index (κ2) is 4.12. The van der Waals surface area contributed by atoms with Crippen LogP contribution >= 0.6 is 11.6 Å². The molecular weight excluding hydrogens is 224 g/mol. The lowest BCUT2D eigenvalue weighted by atomic mass is 10.2. The summed E-state index contributed by atoms with van der Waals surface area (Å²) in [5, 5.41) is 1.51. The highest BCUT2D eigenvalue weighted by molar-refractivity contribution is 6.31. The van der Waals surface area contributed by atoms with Crippen LogP contribution < -0.4 is 0 Å². The number of nitrogens with zero attached hydrogens (tertiary/aromatic N) is 2. The Labute approximate surface area is 98.4 Å². The Morgan fingerprint density at radius 3 is 2.81 bits per heavy atom. The summed E-state index contributed by atoms with van der Waals surface area (Å²) in [4.78, 5) is 14.0. The van der Waals surface area contributed by atoms with Crippen LogP contribution in [-0.4, -0.2) is 10.6 Å². The van der Waals surface area contributed by atoms with Gasteiger partial charge in [-0.05, 0) is 32.0 Å². The smallest absolute Gasteiger partial charge is 0.240 e. The van der Waals surface area contributed by atoms with Crippen LogP contribution in [0.3, 0.4) is 0 Å². The van der Waals surface area contributed by atoms with E-state index in [2.05, 4.69) is 23.4 Å². The van der Waals surface area contributed by atoms with Gasteiger partial charge in [0.2, 0.25) is 6.08 Å². The fraction of sp³-hybridized carbons (Fsp3) is 0.250. The minimum atomic E-state index is 0.305. The zero-order chi connectivity index (χ0) is 11.7. The van der Waals surface area contributed by atoms with Gasteiger partial charge in [0, 0.05) is 22.6 Å². The lowest BCUT2D eigenvalue weighted by Crippen LogP contribution is -1.97. The van der Waals surface area contributed by atoms with Gasteiger partial charge in [0.15, 0.2) is 0 Å². The second-order valence-electron chi connectivity index (χ2n) is 3.88. The van der Waals surface area contributed by atoms with E-state index < -0.39 is 0 Å². The van der Waals surface area contributed by atoms with Crippen molar-refractivity contribution in [3.05, 3.63) is 29.4 Å². The summed E-state index contributed by atoms with van der Waals surface area (Å²) in [7, 11) is 0. The molecule has 0 N–H and O–H groups in total. The van der Waals surface area contributed by atoms with Gasteiger partial charge in [0.25, 0.3) is 0 Å². The molecule has 0 bridgehead atoms. The van der Waals surface area contributed by atoms with Gasteiger partial charge in [-0.15, -0.1) is 0 Å². The van der Waals surface area contributed by atoms with E-state index in [4.69, 9.17) is 11.6 Å². The van der Waals surface area contributed by atoms with Gasteiger partial charge in [0.05, 0.1) is 5.52 Å². The molecule has 0 aliphatic carbocycles. The van der Waals surface area contributed by atoms with E-state index in [0.29, 0.717) is 16.8 Å². The summed E-state index contributed by atoms with van der Waals surface area (Å²) in [5.74, 6) is 0. The summed E-state index contributed by atoms with van der Waals surface area (Å²) < 4.78 is 2.06. The van der Waals surface area contributed by atoms with Crippen LogP contribution in [0.15, 0.2) is 29.4 Å². The lowest BCUT2D eigenvalue weighted by molar-refractivity contribution is 0.565. The first-order valence-corrected chi connectivity index (χ1v) is 5.39. The third-order valence-corrected chi connectivity index (χ3v) is 2.73. The Balaban J connectivity index is 2.81. The number of carbonyl (C=O) groups excluding carboxylic acids is 1. The zero-order valence-corrected chi connectivity index (χ0v) is 9.82. The minimum absolute atomic E-state index is 0.305. The maximum absolute atomic E-state index is 10.3. The number of hydrogen-bond donors (Lipinski definition) is 0. The van der Waals surface area contributed by atoms with Crippen LogP contribution in [0.2, 0.25) is 5.02 Å². The Hall–Kier alpha value is -1.57. The normalized spacial score (nSPS) is 10.8. The van der Waals surface area contributed by atoms with Crippen molar-refractivity contribution < 1.29 is 4.79 Å². The quantitative estimate of drug-likeness (QED) is 0.574. The molecule has 4 heteroatoms. The Bertz CT molecular complexity index is 580. The molecule has 1 heterocycles. The number of halogens is 1. The third kappa shape index (κ3) is 1.75. The average Bonchev–Trinajstić information content (AvgIpc) is 2.58. The molecule has 0 aliphatic heterocycles. The van der Waals surface area contributed by atoms with Crippen molar-refractivity contribution in [1.82, 2.24) is 4.57 Å². The molecule has 0 radical (unpaired) electrons. The maximum Gasteiger partial charge on any atom is 0.240 e. The lowest BCUT2D eigenvalue weighted by Gasteiger charge is -2.08. The van der Waals surface area contributed by atoms with E-state index in [0.717, 1.165) is 10.9 Å². The summed E-state index contributed by atoms with van der Waals surface area (Å²) in [6.07, 6.45) is 3.41. The molecule has 0 fully saturated rings. The van der Waals surface area contributed by atoms with E-state index in [1.165, 1.54) is 0 Å². The standard InChI is InChI=1S/C12H11ClN2O/c1-8(2)15-6-11(14-7-16)10-5-9(13)3-4-12(10)15/h3-6,8H,1-2H3. The molecule has 82 valence electrons. The summed E-state index contributed by atoms with van der Waals surface area (Å²) in [6.45, 7) is 4.14. The van der Waals surface area contributed by atoms with Crippen molar-refractivity contribution in [2.75, 3.05) is 0 Å². The molecule has 0 unspecified atom stereocenters. The summed E-state index contributed by atoms with van der Waals surface area (Å²) >= 11 is 5.93. The van der Waals surface area contributed by atoms with Gasteiger partial charge >= 0.3 is 0 Å². The van der Waals surface area contributed by atoms with Crippen molar-refractivity contribution >= 4 is 34.3 Å². The highest BCUT2D eigenvalue weighted by Gasteiger charge is 2.10. The molecule has 0 aliphatic rings. The van der Waals surface area contributed by atoms with Gasteiger partial charge in [0.1, 0.15) is 5.69 Å². The zero-order valence-electron chi connectivity index (χ0n) is 9.07. The summed E-state index contributed by atoms with van der Waals surface area (Å²) in [5.41, 5.74) is 1.63. The molecule has 2 rings (SSSR count). The van der Waals surface area contributed by atoms with Crippen LogP contribution in [0.25, 0.3) is 10.9 Å². The van der Waals surface area contributed by atoms with Gasteiger partial charge in [-0.25, -0.2) is 4.79 Å². The van der Waals surface area contributed by atoms with Crippen LogP contribution in [-0.2, 0) is 4.79 Å². The maximum atomic E-state index is 10.3. The molecule has 1 aromatic heterocycles. The summed E-state index contributed by atoms with van der Waals surface area (Å²) in [6, 6.07) is 5.88. The first-order chi connectivity index (χ1) is 7.63. The van der Waals surface area contributed by atoms with Crippen LogP contribution in [0.4, 0.5) is 5.69 Å².